The number of esters is 1. The van der Waals surface area contributed by atoms with Crippen LogP contribution in [0.1, 0.15) is 46.6 Å². The van der Waals surface area contributed by atoms with Crippen LogP contribution in [0.4, 0.5) is 4.79 Å². The van der Waals surface area contributed by atoms with E-state index in [0.29, 0.717) is 19.3 Å². The Bertz CT molecular complexity index is 653. The Labute approximate surface area is 173 Å². The number of amides is 1. The third kappa shape index (κ3) is 9.56. The molecular weight excluding hydrogens is 374 g/mol. The highest BCUT2D eigenvalue weighted by Crippen LogP contribution is 2.17. The summed E-state index contributed by atoms with van der Waals surface area (Å²) < 4.78 is 16.2. The molecule has 1 amide bonds. The summed E-state index contributed by atoms with van der Waals surface area (Å²) in [5.41, 5.74) is 0.264. The van der Waals surface area contributed by atoms with Crippen molar-refractivity contribution in [3.63, 3.8) is 0 Å². The van der Waals surface area contributed by atoms with Crippen LogP contribution >= 0.6 is 0 Å². The molecule has 0 aliphatic rings. The van der Waals surface area contributed by atoms with Gasteiger partial charge in [-0.05, 0) is 38.7 Å². The highest BCUT2D eigenvalue weighted by Gasteiger charge is 2.33. The zero-order valence-corrected chi connectivity index (χ0v) is 18.2. The van der Waals surface area contributed by atoms with Crippen LogP contribution in [-0.4, -0.2) is 54.7 Å². The molecule has 0 spiro atoms. The Morgan fingerprint density at radius 1 is 1.14 bits per heavy atom. The smallest absolute Gasteiger partial charge is 0.410 e. The summed E-state index contributed by atoms with van der Waals surface area (Å²) in [6.07, 6.45) is -0.760. The zero-order chi connectivity index (χ0) is 22.0. The number of aldehydes is 1. The summed E-state index contributed by atoms with van der Waals surface area (Å²) in [4.78, 5) is 37.7. The molecule has 1 aromatic carbocycles. The molecule has 0 aromatic heterocycles. The van der Waals surface area contributed by atoms with Crippen molar-refractivity contribution in [2.75, 3.05) is 13.7 Å². The van der Waals surface area contributed by atoms with E-state index in [0.717, 1.165) is 5.56 Å². The highest BCUT2D eigenvalue weighted by molar-refractivity contribution is 5.82. The molecule has 0 aliphatic carbocycles. The molecule has 0 heterocycles. The summed E-state index contributed by atoms with van der Waals surface area (Å²) >= 11 is 0. The zero-order valence-electron chi connectivity index (χ0n) is 18.2. The lowest BCUT2D eigenvalue weighted by Crippen LogP contribution is -2.47. The van der Waals surface area contributed by atoms with Crippen molar-refractivity contribution in [1.29, 1.82) is 0 Å². The fourth-order valence-corrected chi connectivity index (χ4v) is 2.52. The average molecular weight is 408 g/mol. The minimum atomic E-state index is -1.05. The van der Waals surface area contributed by atoms with Crippen LogP contribution < -0.4 is 0 Å². The molecule has 0 fully saturated rings. The van der Waals surface area contributed by atoms with Gasteiger partial charge in [0.25, 0.3) is 0 Å². The second kappa shape index (κ2) is 11.6. The van der Waals surface area contributed by atoms with E-state index in [-0.39, 0.29) is 12.5 Å². The minimum absolute atomic E-state index is 0.0608. The van der Waals surface area contributed by atoms with Crippen molar-refractivity contribution in [3.05, 3.63) is 35.9 Å². The Morgan fingerprint density at radius 3 is 2.28 bits per heavy atom. The van der Waals surface area contributed by atoms with Crippen LogP contribution in [0.25, 0.3) is 0 Å². The normalized spacial score (nSPS) is 13.5. The Morgan fingerprint density at radius 2 is 1.76 bits per heavy atom. The second-order valence-electron chi connectivity index (χ2n) is 8.35. The van der Waals surface area contributed by atoms with Crippen molar-refractivity contribution in [1.82, 2.24) is 4.90 Å². The molecule has 0 N–H and O–H groups in total. The SMILES string of the molecule is CC(C)C[C@H](C(=O)O[C@@H](C=O)COCc1ccccc1)N(C)C(=O)OC(C)(C)C. The molecule has 0 radical (unpaired) electrons. The van der Waals surface area contributed by atoms with E-state index in [9.17, 15) is 14.4 Å². The molecule has 1 rings (SSSR count). The Balaban J connectivity index is 2.70. The van der Waals surface area contributed by atoms with Gasteiger partial charge in [-0.15, -0.1) is 0 Å². The summed E-state index contributed by atoms with van der Waals surface area (Å²) in [7, 11) is 1.49. The average Bonchev–Trinajstić information content (AvgIpc) is 2.63. The molecule has 0 unspecified atom stereocenters. The molecule has 7 heteroatoms. The Hall–Kier alpha value is -2.41. The van der Waals surface area contributed by atoms with Gasteiger partial charge in [-0.1, -0.05) is 44.2 Å². The number of rotatable bonds is 10. The van der Waals surface area contributed by atoms with Crippen molar-refractivity contribution in [2.45, 2.75) is 65.4 Å². The second-order valence-corrected chi connectivity index (χ2v) is 8.35. The van der Waals surface area contributed by atoms with Crippen LogP contribution in [0, 0.1) is 5.92 Å². The van der Waals surface area contributed by atoms with Gasteiger partial charge in [-0.25, -0.2) is 9.59 Å². The predicted molar refractivity (Wildman–Crippen MR) is 109 cm³/mol. The van der Waals surface area contributed by atoms with E-state index in [1.54, 1.807) is 20.8 Å². The van der Waals surface area contributed by atoms with Crippen LogP contribution in [0.5, 0.6) is 0 Å². The number of hydrogen-bond acceptors (Lipinski definition) is 6. The molecule has 1 aromatic rings. The first-order valence-electron chi connectivity index (χ1n) is 9.76. The van der Waals surface area contributed by atoms with Gasteiger partial charge in [0.15, 0.2) is 12.4 Å². The maximum absolute atomic E-state index is 12.7. The van der Waals surface area contributed by atoms with Crippen LogP contribution in [0.15, 0.2) is 30.3 Å². The van der Waals surface area contributed by atoms with Gasteiger partial charge in [-0.3, -0.25) is 9.69 Å². The lowest BCUT2D eigenvalue weighted by molar-refractivity contribution is -0.160. The molecule has 2 atom stereocenters. The first-order chi connectivity index (χ1) is 13.5. The summed E-state index contributed by atoms with van der Waals surface area (Å²) in [5.74, 6) is -0.533. The molecule has 0 saturated carbocycles. The molecular formula is C22H33NO6. The van der Waals surface area contributed by atoms with Gasteiger partial charge in [0.2, 0.25) is 0 Å². The maximum Gasteiger partial charge on any atom is 0.410 e. The minimum Gasteiger partial charge on any atom is -0.451 e. The first-order valence-corrected chi connectivity index (χ1v) is 9.76. The third-order valence-corrected chi connectivity index (χ3v) is 3.93. The summed E-state index contributed by atoms with van der Waals surface area (Å²) in [5, 5.41) is 0. The van der Waals surface area contributed by atoms with Crippen LogP contribution in [0.3, 0.4) is 0 Å². The predicted octanol–water partition coefficient (Wildman–Crippen LogP) is 3.60. The topological polar surface area (TPSA) is 82.1 Å². The lowest BCUT2D eigenvalue weighted by atomic mass is 10.0. The van der Waals surface area contributed by atoms with E-state index in [1.165, 1.54) is 11.9 Å². The molecule has 0 bridgehead atoms. The van der Waals surface area contributed by atoms with Gasteiger partial charge >= 0.3 is 12.1 Å². The molecule has 0 saturated heterocycles. The monoisotopic (exact) mass is 407 g/mol. The van der Waals surface area contributed by atoms with Gasteiger partial charge in [-0.2, -0.15) is 0 Å². The largest absolute Gasteiger partial charge is 0.451 e. The first kappa shape index (κ1) is 24.6. The molecule has 162 valence electrons. The number of nitrogens with zero attached hydrogens (tertiary/aromatic N) is 1. The summed E-state index contributed by atoms with van der Waals surface area (Å²) in [6.45, 7) is 9.36. The van der Waals surface area contributed by atoms with Crippen molar-refractivity contribution >= 4 is 18.3 Å². The molecule has 0 aliphatic heterocycles. The van der Waals surface area contributed by atoms with E-state index in [1.807, 2.05) is 44.2 Å². The lowest BCUT2D eigenvalue weighted by Gasteiger charge is -2.30. The Kier molecular flexibility index (Phi) is 9.81. The third-order valence-electron chi connectivity index (χ3n) is 3.93. The molecule has 7 nitrogen and oxygen atoms in total. The van der Waals surface area contributed by atoms with Crippen molar-refractivity contribution < 1.29 is 28.6 Å². The maximum atomic E-state index is 12.7. The van der Waals surface area contributed by atoms with E-state index < -0.39 is 29.8 Å². The van der Waals surface area contributed by atoms with E-state index >= 15 is 0 Å². The van der Waals surface area contributed by atoms with Gasteiger partial charge in [0.05, 0.1) is 13.2 Å². The number of likely N-dealkylation sites (N-methyl/N-ethyl adjacent to an activating group) is 1. The van der Waals surface area contributed by atoms with Gasteiger partial charge in [0.1, 0.15) is 11.6 Å². The van der Waals surface area contributed by atoms with Crippen LogP contribution in [-0.2, 0) is 30.4 Å². The van der Waals surface area contributed by atoms with E-state index in [4.69, 9.17) is 14.2 Å². The number of benzene rings is 1. The van der Waals surface area contributed by atoms with Crippen LogP contribution in [0.2, 0.25) is 0 Å². The highest BCUT2D eigenvalue weighted by atomic mass is 16.6. The number of carbonyl (C=O) groups excluding carboxylic acids is 3. The van der Waals surface area contributed by atoms with E-state index in [2.05, 4.69) is 0 Å². The number of carbonyl (C=O) groups is 3. The van der Waals surface area contributed by atoms with Gasteiger partial charge < -0.3 is 14.2 Å². The standard InChI is InChI=1S/C22H33NO6/c1-16(2)12-19(23(6)21(26)29-22(3,4)5)20(25)28-18(13-24)15-27-14-17-10-8-7-9-11-17/h7-11,13,16,18-19H,12,14-15H2,1-6H3/t18-,19+/m0/s1. The number of ether oxygens (including phenoxy) is 3. The quantitative estimate of drug-likeness (QED) is 0.435. The fraction of sp³-hybridized carbons (Fsp3) is 0.591. The van der Waals surface area contributed by atoms with Gasteiger partial charge in [0, 0.05) is 7.05 Å². The molecule has 29 heavy (non-hydrogen) atoms. The van der Waals surface area contributed by atoms with Crippen molar-refractivity contribution in [2.24, 2.45) is 5.92 Å². The fourth-order valence-electron chi connectivity index (χ4n) is 2.52. The number of hydrogen-bond donors (Lipinski definition) is 0. The van der Waals surface area contributed by atoms with Crippen molar-refractivity contribution in [3.8, 4) is 0 Å². The summed E-state index contributed by atoms with van der Waals surface area (Å²) in [6, 6.07) is 8.61.